The number of halogens is 2. The van der Waals surface area contributed by atoms with Crippen LogP contribution in [0.25, 0.3) is 0 Å². The number of nitrogens with one attached hydrogen (secondary N) is 1. The smallest absolute Gasteiger partial charge is 0.322 e. The van der Waals surface area contributed by atoms with Crippen molar-refractivity contribution in [2.45, 2.75) is 33.0 Å². The molecule has 28 heavy (non-hydrogen) atoms. The highest BCUT2D eigenvalue weighted by Gasteiger charge is 2.18. The Hall–Kier alpha value is -2.50. The predicted molar refractivity (Wildman–Crippen MR) is 114 cm³/mol. The van der Waals surface area contributed by atoms with Gasteiger partial charge in [0.05, 0.1) is 16.4 Å². The van der Waals surface area contributed by atoms with Gasteiger partial charge in [-0.15, -0.1) is 0 Å². The van der Waals surface area contributed by atoms with Gasteiger partial charge in [-0.2, -0.15) is 0 Å². The van der Waals surface area contributed by atoms with Crippen molar-refractivity contribution in [2.75, 3.05) is 5.32 Å². The quantitative estimate of drug-likeness (QED) is 0.561. The van der Waals surface area contributed by atoms with Crippen LogP contribution in [-0.2, 0) is 13.1 Å². The third-order valence-electron chi connectivity index (χ3n) is 4.35. The first-order valence-electron chi connectivity index (χ1n) is 8.98. The first-order chi connectivity index (χ1) is 13.4. The Morgan fingerprint density at radius 3 is 2.43 bits per heavy atom. The maximum absolute atomic E-state index is 12.8. The second kappa shape index (κ2) is 9.13. The Bertz CT molecular complexity index is 924. The molecule has 3 aromatic rings. The minimum Gasteiger partial charge on any atom is -0.333 e. The van der Waals surface area contributed by atoms with E-state index in [1.54, 1.807) is 29.6 Å². The maximum Gasteiger partial charge on any atom is 0.322 e. The number of carbonyl (C=O) groups excluding carboxylic acids is 1. The van der Waals surface area contributed by atoms with Gasteiger partial charge in [-0.1, -0.05) is 41.4 Å². The molecule has 0 spiro atoms. The van der Waals surface area contributed by atoms with Crippen LogP contribution in [0.15, 0.2) is 61.2 Å². The van der Waals surface area contributed by atoms with Crippen molar-refractivity contribution in [1.82, 2.24) is 14.5 Å². The molecule has 0 radical (unpaired) electrons. The number of amides is 2. The van der Waals surface area contributed by atoms with Crippen molar-refractivity contribution in [3.8, 4) is 0 Å². The summed E-state index contributed by atoms with van der Waals surface area (Å²) in [5.41, 5.74) is 2.81. The van der Waals surface area contributed by atoms with Gasteiger partial charge in [-0.3, -0.25) is 0 Å². The molecule has 0 bridgehead atoms. The Kier molecular flexibility index (Phi) is 6.60. The van der Waals surface area contributed by atoms with Crippen LogP contribution in [-0.4, -0.2) is 26.5 Å². The summed E-state index contributed by atoms with van der Waals surface area (Å²) in [6.45, 7) is 5.14. The number of benzene rings is 2. The fourth-order valence-corrected chi connectivity index (χ4v) is 3.12. The lowest BCUT2D eigenvalue weighted by atomic mass is 10.2. The molecule has 0 unspecified atom stereocenters. The minimum absolute atomic E-state index is 0.0231. The zero-order chi connectivity index (χ0) is 20.1. The van der Waals surface area contributed by atoms with Gasteiger partial charge in [0.15, 0.2) is 0 Å². The molecule has 1 aromatic heterocycles. The van der Waals surface area contributed by atoms with Crippen molar-refractivity contribution in [2.24, 2.45) is 0 Å². The third-order valence-corrected chi connectivity index (χ3v) is 5.09. The van der Waals surface area contributed by atoms with E-state index in [0.717, 1.165) is 23.4 Å². The van der Waals surface area contributed by atoms with E-state index < -0.39 is 0 Å². The van der Waals surface area contributed by atoms with Crippen LogP contribution >= 0.6 is 23.2 Å². The fourth-order valence-electron chi connectivity index (χ4n) is 2.80. The average molecular weight is 417 g/mol. The number of anilines is 1. The number of aromatic nitrogens is 2. The molecule has 1 N–H and O–H groups in total. The Morgan fingerprint density at radius 1 is 1.11 bits per heavy atom. The van der Waals surface area contributed by atoms with E-state index in [0.29, 0.717) is 16.6 Å². The van der Waals surface area contributed by atoms with E-state index in [-0.39, 0.29) is 12.1 Å². The largest absolute Gasteiger partial charge is 0.333 e. The van der Waals surface area contributed by atoms with Crippen molar-refractivity contribution in [3.63, 3.8) is 0 Å². The zero-order valence-corrected chi connectivity index (χ0v) is 17.3. The van der Waals surface area contributed by atoms with Gasteiger partial charge in [-0.25, -0.2) is 9.78 Å². The molecule has 2 amide bonds. The molecule has 0 saturated heterocycles. The number of urea groups is 1. The van der Waals surface area contributed by atoms with Crippen LogP contribution in [0.5, 0.6) is 0 Å². The van der Waals surface area contributed by atoms with Crippen molar-refractivity contribution in [3.05, 3.63) is 82.4 Å². The first kappa shape index (κ1) is 20.2. The standard InChI is InChI=1S/C21H22Cl2N4O/c1-15(2)27(13-17-5-8-19(22)20(23)11-17)21(28)25-18-6-3-16(4-7-18)12-26-10-9-24-14-26/h3-11,14-15H,12-13H2,1-2H3,(H,25,28). The maximum atomic E-state index is 12.8. The monoisotopic (exact) mass is 416 g/mol. The number of nitrogens with zero attached hydrogens (tertiary/aromatic N) is 3. The van der Waals surface area contributed by atoms with Gasteiger partial charge in [0.1, 0.15) is 0 Å². The lowest BCUT2D eigenvalue weighted by molar-refractivity contribution is 0.193. The highest BCUT2D eigenvalue weighted by Crippen LogP contribution is 2.24. The SMILES string of the molecule is CC(C)N(Cc1ccc(Cl)c(Cl)c1)C(=O)Nc1ccc(Cn2ccnc2)cc1. The van der Waals surface area contributed by atoms with Crippen LogP contribution in [0, 0.1) is 0 Å². The van der Waals surface area contributed by atoms with Gasteiger partial charge in [0.2, 0.25) is 0 Å². The highest BCUT2D eigenvalue weighted by molar-refractivity contribution is 6.42. The molecule has 1 heterocycles. The Morgan fingerprint density at radius 2 is 1.82 bits per heavy atom. The number of carbonyl (C=O) groups is 1. The number of imidazole rings is 1. The molecule has 146 valence electrons. The zero-order valence-electron chi connectivity index (χ0n) is 15.8. The molecular formula is C21H22Cl2N4O. The first-order valence-corrected chi connectivity index (χ1v) is 9.74. The topological polar surface area (TPSA) is 50.2 Å². The van der Waals surface area contributed by atoms with E-state index in [9.17, 15) is 4.79 Å². The van der Waals surface area contributed by atoms with Gasteiger partial charge >= 0.3 is 6.03 Å². The molecule has 0 aliphatic rings. The molecule has 5 nitrogen and oxygen atoms in total. The van der Waals surface area contributed by atoms with Crippen molar-refractivity contribution < 1.29 is 4.79 Å². The normalized spacial score (nSPS) is 10.9. The highest BCUT2D eigenvalue weighted by atomic mass is 35.5. The minimum atomic E-state index is -0.163. The summed E-state index contributed by atoms with van der Waals surface area (Å²) in [4.78, 5) is 18.6. The second-order valence-electron chi connectivity index (χ2n) is 6.83. The van der Waals surface area contributed by atoms with Crippen LogP contribution in [0.4, 0.5) is 10.5 Å². The van der Waals surface area contributed by atoms with Crippen LogP contribution in [0.2, 0.25) is 10.0 Å². The van der Waals surface area contributed by atoms with Crippen molar-refractivity contribution in [1.29, 1.82) is 0 Å². The number of rotatable bonds is 6. The lowest BCUT2D eigenvalue weighted by Crippen LogP contribution is -2.39. The molecular weight excluding hydrogens is 395 g/mol. The van der Waals surface area contributed by atoms with Crippen LogP contribution < -0.4 is 5.32 Å². The van der Waals surface area contributed by atoms with Gasteiger partial charge in [-0.05, 0) is 49.2 Å². The number of hydrogen-bond acceptors (Lipinski definition) is 2. The molecule has 0 fully saturated rings. The summed E-state index contributed by atoms with van der Waals surface area (Å²) in [6, 6.07) is 13.1. The van der Waals surface area contributed by atoms with E-state index in [1.807, 2.05) is 54.9 Å². The van der Waals surface area contributed by atoms with Gasteiger partial charge in [0.25, 0.3) is 0 Å². The summed E-state index contributed by atoms with van der Waals surface area (Å²) >= 11 is 12.1. The van der Waals surface area contributed by atoms with E-state index in [2.05, 4.69) is 10.3 Å². The molecule has 0 aliphatic heterocycles. The van der Waals surface area contributed by atoms with Gasteiger partial charge < -0.3 is 14.8 Å². The fraction of sp³-hybridized carbons (Fsp3) is 0.238. The van der Waals surface area contributed by atoms with Gasteiger partial charge in [0, 0.05) is 37.2 Å². The summed E-state index contributed by atoms with van der Waals surface area (Å²) in [5.74, 6) is 0. The van der Waals surface area contributed by atoms with E-state index in [1.165, 1.54) is 0 Å². The average Bonchev–Trinajstić information content (AvgIpc) is 3.17. The molecule has 2 aromatic carbocycles. The Labute approximate surface area is 174 Å². The van der Waals surface area contributed by atoms with Crippen molar-refractivity contribution >= 4 is 34.9 Å². The van der Waals surface area contributed by atoms with E-state index in [4.69, 9.17) is 23.2 Å². The number of hydrogen-bond donors (Lipinski definition) is 1. The molecule has 7 heteroatoms. The summed E-state index contributed by atoms with van der Waals surface area (Å²) in [6.07, 6.45) is 5.45. The second-order valence-corrected chi connectivity index (χ2v) is 7.65. The predicted octanol–water partition coefficient (Wildman–Crippen LogP) is 5.68. The summed E-state index contributed by atoms with van der Waals surface area (Å²) in [5, 5.41) is 3.95. The molecule has 0 atom stereocenters. The lowest BCUT2D eigenvalue weighted by Gasteiger charge is -2.27. The third kappa shape index (κ3) is 5.27. The molecule has 0 aliphatic carbocycles. The molecule has 0 saturated carbocycles. The van der Waals surface area contributed by atoms with Crippen LogP contribution in [0.1, 0.15) is 25.0 Å². The van der Waals surface area contributed by atoms with E-state index >= 15 is 0 Å². The Balaban J connectivity index is 1.65. The molecule has 3 rings (SSSR count). The van der Waals surface area contributed by atoms with Crippen LogP contribution in [0.3, 0.4) is 0 Å². The summed E-state index contributed by atoms with van der Waals surface area (Å²) in [7, 11) is 0. The summed E-state index contributed by atoms with van der Waals surface area (Å²) < 4.78 is 1.99.